The number of carbonyl (C=O) groups excluding carboxylic acids is 3. The highest BCUT2D eigenvalue weighted by molar-refractivity contribution is 6.07. The van der Waals surface area contributed by atoms with Gasteiger partial charge in [-0.15, -0.1) is 0 Å². The molecule has 5 nitrogen and oxygen atoms in total. The standard InChI is InChI=1S/C22H30O5/c1-4-5-6-7-8-9-10-13-16-26-21(24)18-14-11-12-15-19(18)22(25)27-20(23)17(2)3/h11-12,14-15H,2,4-10,13,16H2,1,3H3. The first-order chi connectivity index (χ1) is 13.0. The Balaban J connectivity index is 2.44. The normalized spacial score (nSPS) is 10.3. The van der Waals surface area contributed by atoms with Crippen LogP contribution in [-0.2, 0) is 14.3 Å². The predicted molar refractivity (Wildman–Crippen MR) is 105 cm³/mol. The van der Waals surface area contributed by atoms with Crippen molar-refractivity contribution in [1.82, 2.24) is 0 Å². The van der Waals surface area contributed by atoms with Crippen molar-refractivity contribution in [3.05, 3.63) is 47.5 Å². The lowest BCUT2D eigenvalue weighted by molar-refractivity contribution is -0.133. The summed E-state index contributed by atoms with van der Waals surface area (Å²) >= 11 is 0. The SMILES string of the molecule is C=C(C)C(=O)OC(=O)c1ccccc1C(=O)OCCCCCCCCCC. The van der Waals surface area contributed by atoms with Crippen molar-refractivity contribution in [3.8, 4) is 0 Å². The van der Waals surface area contributed by atoms with Crippen LogP contribution in [0.25, 0.3) is 0 Å². The van der Waals surface area contributed by atoms with Crippen molar-refractivity contribution >= 4 is 17.9 Å². The van der Waals surface area contributed by atoms with Crippen LogP contribution >= 0.6 is 0 Å². The van der Waals surface area contributed by atoms with Gasteiger partial charge in [0.05, 0.1) is 17.7 Å². The summed E-state index contributed by atoms with van der Waals surface area (Å²) < 4.78 is 9.97. The summed E-state index contributed by atoms with van der Waals surface area (Å²) in [5.41, 5.74) is 0.211. The molecule has 0 saturated carbocycles. The van der Waals surface area contributed by atoms with E-state index in [2.05, 4.69) is 13.5 Å². The molecule has 1 aromatic rings. The fraction of sp³-hybridized carbons (Fsp3) is 0.500. The van der Waals surface area contributed by atoms with Gasteiger partial charge in [0, 0.05) is 5.57 Å². The Bertz CT molecular complexity index is 648. The monoisotopic (exact) mass is 374 g/mol. The highest BCUT2D eigenvalue weighted by Crippen LogP contribution is 2.14. The van der Waals surface area contributed by atoms with Gasteiger partial charge in [-0.1, -0.05) is 70.6 Å². The van der Waals surface area contributed by atoms with Crippen LogP contribution in [0.1, 0.15) is 85.9 Å². The van der Waals surface area contributed by atoms with Crippen LogP contribution in [-0.4, -0.2) is 24.5 Å². The molecule has 0 unspecified atom stereocenters. The average molecular weight is 374 g/mol. The minimum atomic E-state index is -0.886. The van der Waals surface area contributed by atoms with Crippen LogP contribution in [0.4, 0.5) is 0 Å². The van der Waals surface area contributed by atoms with Crippen molar-refractivity contribution in [1.29, 1.82) is 0 Å². The Labute approximate surface area is 161 Å². The molecule has 5 heteroatoms. The maximum Gasteiger partial charge on any atom is 0.346 e. The number of hydrogen-bond acceptors (Lipinski definition) is 5. The molecule has 0 spiro atoms. The molecule has 0 N–H and O–H groups in total. The Kier molecular flexibility index (Phi) is 10.8. The zero-order valence-electron chi connectivity index (χ0n) is 16.4. The van der Waals surface area contributed by atoms with E-state index in [0.29, 0.717) is 6.61 Å². The molecule has 0 heterocycles. The second-order valence-corrected chi connectivity index (χ2v) is 6.61. The van der Waals surface area contributed by atoms with E-state index in [-0.39, 0.29) is 16.7 Å². The molecule has 0 aliphatic heterocycles. The third-order valence-electron chi connectivity index (χ3n) is 4.13. The van der Waals surface area contributed by atoms with Crippen LogP contribution in [0.15, 0.2) is 36.4 Å². The van der Waals surface area contributed by atoms with Crippen molar-refractivity contribution in [3.63, 3.8) is 0 Å². The molecule has 0 atom stereocenters. The number of hydrogen-bond donors (Lipinski definition) is 0. The number of carbonyl (C=O) groups is 3. The zero-order chi connectivity index (χ0) is 20.1. The van der Waals surface area contributed by atoms with E-state index in [0.717, 1.165) is 19.3 Å². The Hall–Kier alpha value is -2.43. The van der Waals surface area contributed by atoms with Crippen LogP contribution in [0.3, 0.4) is 0 Å². The van der Waals surface area contributed by atoms with E-state index in [4.69, 9.17) is 9.47 Å². The van der Waals surface area contributed by atoms with Crippen LogP contribution < -0.4 is 0 Å². The largest absolute Gasteiger partial charge is 0.462 e. The molecular weight excluding hydrogens is 344 g/mol. The summed E-state index contributed by atoms with van der Waals surface area (Å²) in [6.07, 6.45) is 9.21. The summed E-state index contributed by atoms with van der Waals surface area (Å²) in [4.78, 5) is 35.9. The van der Waals surface area contributed by atoms with Crippen LogP contribution in [0, 0.1) is 0 Å². The molecular formula is C22H30O5. The number of rotatable bonds is 12. The molecule has 0 bridgehead atoms. The van der Waals surface area contributed by atoms with Crippen LogP contribution in [0.5, 0.6) is 0 Å². The second kappa shape index (κ2) is 12.8. The summed E-state index contributed by atoms with van der Waals surface area (Å²) in [6.45, 7) is 7.38. The predicted octanol–water partition coefficient (Wildman–Crippen LogP) is 5.24. The van der Waals surface area contributed by atoms with Gasteiger partial charge in [0.25, 0.3) is 0 Å². The minimum Gasteiger partial charge on any atom is -0.462 e. The topological polar surface area (TPSA) is 69.7 Å². The van der Waals surface area contributed by atoms with Crippen molar-refractivity contribution < 1.29 is 23.9 Å². The van der Waals surface area contributed by atoms with Gasteiger partial charge in [0.2, 0.25) is 0 Å². The summed E-state index contributed by atoms with van der Waals surface area (Å²) in [7, 11) is 0. The third kappa shape index (κ3) is 8.67. The lowest BCUT2D eigenvalue weighted by Crippen LogP contribution is -2.17. The van der Waals surface area contributed by atoms with Gasteiger partial charge < -0.3 is 9.47 Å². The molecule has 0 aliphatic rings. The number of unbranched alkanes of at least 4 members (excludes halogenated alkanes) is 7. The van der Waals surface area contributed by atoms with Crippen LogP contribution in [0.2, 0.25) is 0 Å². The van der Waals surface area contributed by atoms with E-state index < -0.39 is 17.9 Å². The second-order valence-electron chi connectivity index (χ2n) is 6.61. The third-order valence-corrected chi connectivity index (χ3v) is 4.13. The Morgan fingerprint density at radius 1 is 0.852 bits per heavy atom. The Morgan fingerprint density at radius 3 is 1.93 bits per heavy atom. The van der Waals surface area contributed by atoms with Gasteiger partial charge in [0.15, 0.2) is 0 Å². The van der Waals surface area contributed by atoms with E-state index in [1.807, 2.05) is 0 Å². The number of esters is 3. The molecule has 0 radical (unpaired) electrons. The summed E-state index contributed by atoms with van der Waals surface area (Å²) in [5, 5.41) is 0. The van der Waals surface area contributed by atoms with Crippen molar-refractivity contribution in [2.45, 2.75) is 65.2 Å². The van der Waals surface area contributed by atoms with E-state index in [1.165, 1.54) is 51.2 Å². The maximum atomic E-state index is 12.3. The smallest absolute Gasteiger partial charge is 0.346 e. The fourth-order valence-electron chi connectivity index (χ4n) is 2.54. The molecule has 1 rings (SSSR count). The molecule has 0 amide bonds. The highest BCUT2D eigenvalue weighted by Gasteiger charge is 2.21. The summed E-state index contributed by atoms with van der Waals surface area (Å²) in [6, 6.07) is 6.14. The molecule has 148 valence electrons. The lowest BCUT2D eigenvalue weighted by Gasteiger charge is -2.09. The maximum absolute atomic E-state index is 12.3. The van der Waals surface area contributed by atoms with Gasteiger partial charge in [-0.25, -0.2) is 14.4 Å². The fourth-order valence-corrected chi connectivity index (χ4v) is 2.54. The highest BCUT2D eigenvalue weighted by atomic mass is 16.6. The van der Waals surface area contributed by atoms with Crippen molar-refractivity contribution in [2.75, 3.05) is 6.61 Å². The molecule has 0 aromatic heterocycles. The molecule has 0 aliphatic carbocycles. The van der Waals surface area contributed by atoms with E-state index >= 15 is 0 Å². The summed E-state index contributed by atoms with van der Waals surface area (Å²) in [5.74, 6) is -2.29. The van der Waals surface area contributed by atoms with Gasteiger partial charge >= 0.3 is 17.9 Å². The van der Waals surface area contributed by atoms with Gasteiger partial charge in [-0.2, -0.15) is 0 Å². The average Bonchev–Trinajstić information content (AvgIpc) is 2.66. The Morgan fingerprint density at radius 2 is 1.37 bits per heavy atom. The van der Waals surface area contributed by atoms with Gasteiger partial charge in [-0.3, -0.25) is 0 Å². The first kappa shape index (κ1) is 22.6. The first-order valence-electron chi connectivity index (χ1n) is 9.65. The zero-order valence-corrected chi connectivity index (χ0v) is 16.4. The minimum absolute atomic E-state index is 0.00743. The van der Waals surface area contributed by atoms with Crippen molar-refractivity contribution in [2.24, 2.45) is 0 Å². The van der Waals surface area contributed by atoms with E-state index in [1.54, 1.807) is 12.1 Å². The molecule has 0 fully saturated rings. The van der Waals surface area contributed by atoms with E-state index in [9.17, 15) is 14.4 Å². The molecule has 1 aromatic carbocycles. The lowest BCUT2D eigenvalue weighted by atomic mass is 10.1. The quantitative estimate of drug-likeness (QED) is 0.216. The molecule has 27 heavy (non-hydrogen) atoms. The first-order valence-corrected chi connectivity index (χ1v) is 9.65. The number of benzene rings is 1. The molecule has 0 saturated heterocycles. The van der Waals surface area contributed by atoms with Gasteiger partial charge in [0.1, 0.15) is 0 Å². The van der Waals surface area contributed by atoms with Gasteiger partial charge in [-0.05, 0) is 25.5 Å². The number of ether oxygens (including phenoxy) is 2.